The summed E-state index contributed by atoms with van der Waals surface area (Å²) < 4.78 is 1.75. The van der Waals surface area contributed by atoms with Gasteiger partial charge in [-0.15, -0.1) is 0 Å². The first kappa shape index (κ1) is 12.1. The van der Waals surface area contributed by atoms with Gasteiger partial charge in [0.1, 0.15) is 0 Å². The summed E-state index contributed by atoms with van der Waals surface area (Å²) in [5.41, 5.74) is 1.81. The van der Waals surface area contributed by atoms with Crippen molar-refractivity contribution in [1.82, 2.24) is 15.1 Å². The van der Waals surface area contributed by atoms with Gasteiger partial charge in [-0.05, 0) is 32.4 Å². The van der Waals surface area contributed by atoms with E-state index in [0.717, 1.165) is 43.7 Å². The number of piperidine rings is 1. The second kappa shape index (κ2) is 5.31. The van der Waals surface area contributed by atoms with E-state index in [0.29, 0.717) is 0 Å². The Morgan fingerprint density at radius 2 is 2.29 bits per heavy atom. The lowest BCUT2D eigenvalue weighted by Crippen LogP contribution is -2.34. The van der Waals surface area contributed by atoms with E-state index < -0.39 is 0 Å². The molecule has 1 aromatic heterocycles. The van der Waals surface area contributed by atoms with Gasteiger partial charge in [0.15, 0.2) is 0 Å². The minimum atomic E-state index is 0.134. The maximum atomic E-state index is 12.1. The molecule has 2 rings (SSSR count). The third-order valence-electron chi connectivity index (χ3n) is 3.21. The molecule has 1 amide bonds. The largest absolute Gasteiger partial charge is 0.323 e. The van der Waals surface area contributed by atoms with Crippen LogP contribution in [0.15, 0.2) is 6.20 Å². The van der Waals surface area contributed by atoms with Crippen LogP contribution in [0.2, 0.25) is 0 Å². The molecule has 0 unspecified atom stereocenters. The number of rotatable bonds is 3. The molecule has 5 nitrogen and oxygen atoms in total. The van der Waals surface area contributed by atoms with Crippen molar-refractivity contribution in [1.29, 1.82) is 0 Å². The molecule has 0 radical (unpaired) electrons. The molecule has 1 aliphatic heterocycles. The molecule has 5 heteroatoms. The molecule has 0 saturated carbocycles. The first-order valence-corrected chi connectivity index (χ1v) is 6.24. The lowest BCUT2D eigenvalue weighted by atomic mass is 9.97. The summed E-state index contributed by atoms with van der Waals surface area (Å²) in [6.07, 6.45) is 4.56. The quantitative estimate of drug-likeness (QED) is 0.820. The van der Waals surface area contributed by atoms with Gasteiger partial charge in [-0.1, -0.05) is 6.92 Å². The molecule has 94 valence electrons. The molecule has 1 aliphatic rings. The van der Waals surface area contributed by atoms with Crippen LogP contribution < -0.4 is 10.6 Å². The van der Waals surface area contributed by atoms with E-state index in [1.54, 1.807) is 4.68 Å². The molecule has 1 saturated heterocycles. The summed E-state index contributed by atoms with van der Waals surface area (Å²) in [7, 11) is 1.87. The minimum absolute atomic E-state index is 0.134. The van der Waals surface area contributed by atoms with Gasteiger partial charge in [-0.25, -0.2) is 0 Å². The highest BCUT2D eigenvalue weighted by Gasteiger charge is 2.22. The second-order valence-electron chi connectivity index (χ2n) is 4.53. The Labute approximate surface area is 102 Å². The van der Waals surface area contributed by atoms with Crippen LogP contribution in [-0.4, -0.2) is 28.8 Å². The minimum Gasteiger partial charge on any atom is -0.323 e. The molecular formula is C12H20N4O. The summed E-state index contributed by atoms with van der Waals surface area (Å²) in [6, 6.07) is 0. The molecule has 0 bridgehead atoms. The number of aryl methyl sites for hydroxylation is 2. The average molecular weight is 236 g/mol. The van der Waals surface area contributed by atoms with Crippen molar-refractivity contribution in [2.24, 2.45) is 13.0 Å². The normalized spacial score (nSPS) is 17.1. The fraction of sp³-hybridized carbons (Fsp3) is 0.667. The van der Waals surface area contributed by atoms with Gasteiger partial charge in [0.25, 0.3) is 0 Å². The number of carbonyl (C=O) groups is 1. The van der Waals surface area contributed by atoms with Crippen molar-refractivity contribution >= 4 is 11.6 Å². The van der Waals surface area contributed by atoms with Crippen molar-refractivity contribution in [2.75, 3.05) is 18.4 Å². The summed E-state index contributed by atoms with van der Waals surface area (Å²) >= 11 is 0. The Morgan fingerprint density at radius 1 is 1.59 bits per heavy atom. The third kappa shape index (κ3) is 2.85. The molecule has 1 fully saturated rings. The average Bonchev–Trinajstić information content (AvgIpc) is 2.70. The predicted molar refractivity (Wildman–Crippen MR) is 66.8 cm³/mol. The topological polar surface area (TPSA) is 59.0 Å². The van der Waals surface area contributed by atoms with Crippen molar-refractivity contribution in [3.8, 4) is 0 Å². The van der Waals surface area contributed by atoms with Crippen LogP contribution in [0.25, 0.3) is 0 Å². The Hall–Kier alpha value is -1.36. The maximum absolute atomic E-state index is 12.1. The summed E-state index contributed by atoms with van der Waals surface area (Å²) in [5.74, 6) is 0.273. The van der Waals surface area contributed by atoms with E-state index in [2.05, 4.69) is 15.7 Å². The number of carbonyl (C=O) groups excluding carboxylic acids is 1. The number of nitrogens with one attached hydrogen (secondary N) is 2. The van der Waals surface area contributed by atoms with Gasteiger partial charge in [0.05, 0.1) is 11.4 Å². The van der Waals surface area contributed by atoms with E-state index in [-0.39, 0.29) is 11.8 Å². The van der Waals surface area contributed by atoms with E-state index in [1.165, 1.54) is 0 Å². The fourth-order valence-corrected chi connectivity index (χ4v) is 2.22. The van der Waals surface area contributed by atoms with Crippen LogP contribution in [0.5, 0.6) is 0 Å². The molecule has 0 aliphatic carbocycles. The third-order valence-corrected chi connectivity index (χ3v) is 3.21. The Bertz CT molecular complexity index is 393. The Kier molecular flexibility index (Phi) is 3.78. The maximum Gasteiger partial charge on any atom is 0.227 e. The molecule has 1 aromatic rings. The van der Waals surface area contributed by atoms with E-state index in [1.807, 2.05) is 20.2 Å². The van der Waals surface area contributed by atoms with Crippen molar-refractivity contribution in [3.05, 3.63) is 11.9 Å². The van der Waals surface area contributed by atoms with Crippen LogP contribution in [0, 0.1) is 5.92 Å². The van der Waals surface area contributed by atoms with Crippen molar-refractivity contribution in [3.63, 3.8) is 0 Å². The number of aromatic nitrogens is 2. The zero-order valence-electron chi connectivity index (χ0n) is 10.5. The number of nitrogens with zero attached hydrogens (tertiary/aromatic N) is 2. The highest BCUT2D eigenvalue weighted by atomic mass is 16.1. The summed E-state index contributed by atoms with van der Waals surface area (Å²) in [4.78, 5) is 12.1. The molecule has 0 atom stereocenters. The zero-order chi connectivity index (χ0) is 12.3. The van der Waals surface area contributed by atoms with Gasteiger partial charge < -0.3 is 10.6 Å². The Balaban J connectivity index is 2.01. The van der Waals surface area contributed by atoms with Crippen LogP contribution >= 0.6 is 0 Å². The number of hydrogen-bond donors (Lipinski definition) is 2. The monoisotopic (exact) mass is 236 g/mol. The number of hydrogen-bond acceptors (Lipinski definition) is 3. The second-order valence-corrected chi connectivity index (χ2v) is 4.53. The molecule has 2 heterocycles. The van der Waals surface area contributed by atoms with E-state index in [9.17, 15) is 4.79 Å². The lowest BCUT2D eigenvalue weighted by Gasteiger charge is -2.21. The molecule has 2 N–H and O–H groups in total. The highest BCUT2D eigenvalue weighted by Crippen LogP contribution is 2.18. The summed E-state index contributed by atoms with van der Waals surface area (Å²) in [5, 5.41) is 10.6. The van der Waals surface area contributed by atoms with Gasteiger partial charge in [0, 0.05) is 19.2 Å². The molecule has 0 aromatic carbocycles. The van der Waals surface area contributed by atoms with Crippen LogP contribution in [-0.2, 0) is 18.3 Å². The molecule has 17 heavy (non-hydrogen) atoms. The van der Waals surface area contributed by atoms with Crippen LogP contribution in [0.1, 0.15) is 25.5 Å². The highest BCUT2D eigenvalue weighted by molar-refractivity contribution is 5.93. The SMILES string of the molecule is CCc1nn(C)cc1NC(=O)C1CCNCC1. The van der Waals surface area contributed by atoms with Crippen LogP contribution in [0.4, 0.5) is 5.69 Å². The first-order valence-electron chi connectivity index (χ1n) is 6.24. The predicted octanol–water partition coefficient (Wildman–Crippen LogP) is 0.921. The van der Waals surface area contributed by atoms with Crippen molar-refractivity contribution < 1.29 is 4.79 Å². The first-order chi connectivity index (χ1) is 8.20. The summed E-state index contributed by atoms with van der Waals surface area (Å²) in [6.45, 7) is 3.92. The van der Waals surface area contributed by atoms with E-state index in [4.69, 9.17) is 0 Å². The van der Waals surface area contributed by atoms with Gasteiger partial charge in [0.2, 0.25) is 5.91 Å². The fourth-order valence-electron chi connectivity index (χ4n) is 2.22. The van der Waals surface area contributed by atoms with E-state index >= 15 is 0 Å². The standard InChI is InChI=1S/C12H20N4O/c1-3-10-11(8-16(2)15-10)14-12(17)9-4-6-13-7-5-9/h8-9,13H,3-7H2,1-2H3,(H,14,17). The molecular weight excluding hydrogens is 216 g/mol. The number of amides is 1. The van der Waals surface area contributed by atoms with Crippen molar-refractivity contribution in [2.45, 2.75) is 26.2 Å². The zero-order valence-corrected chi connectivity index (χ0v) is 10.5. The van der Waals surface area contributed by atoms with Gasteiger partial charge >= 0.3 is 0 Å². The van der Waals surface area contributed by atoms with Gasteiger partial charge in [-0.3, -0.25) is 9.48 Å². The number of anilines is 1. The smallest absolute Gasteiger partial charge is 0.227 e. The molecule has 0 spiro atoms. The lowest BCUT2D eigenvalue weighted by molar-refractivity contribution is -0.120. The Morgan fingerprint density at radius 3 is 2.94 bits per heavy atom. The van der Waals surface area contributed by atoms with Crippen LogP contribution in [0.3, 0.4) is 0 Å². The van der Waals surface area contributed by atoms with Gasteiger partial charge in [-0.2, -0.15) is 5.10 Å².